The molecule has 0 radical (unpaired) electrons. The molecule has 0 atom stereocenters. The Labute approximate surface area is 123 Å². The van der Waals surface area contributed by atoms with Crippen molar-refractivity contribution in [3.8, 4) is 0 Å². The molecule has 20 heavy (non-hydrogen) atoms. The highest BCUT2D eigenvalue weighted by atomic mass is 32.1. The molecule has 1 fully saturated rings. The van der Waals surface area contributed by atoms with Crippen LogP contribution in [0.2, 0.25) is 0 Å². The van der Waals surface area contributed by atoms with E-state index < -0.39 is 6.09 Å². The van der Waals surface area contributed by atoms with E-state index in [1.807, 2.05) is 18.2 Å². The highest BCUT2D eigenvalue weighted by Crippen LogP contribution is 2.18. The predicted octanol–water partition coefficient (Wildman–Crippen LogP) is 1.94. The second-order valence-corrected chi connectivity index (χ2v) is 5.20. The van der Waals surface area contributed by atoms with Crippen LogP contribution in [0.1, 0.15) is 23.2 Å². The number of carbonyl (C=O) groups is 2. The lowest BCUT2D eigenvalue weighted by Crippen LogP contribution is -2.46. The molecule has 0 bridgehead atoms. The van der Waals surface area contributed by atoms with Crippen LogP contribution in [0, 0.1) is 0 Å². The van der Waals surface area contributed by atoms with E-state index in [1.165, 1.54) is 7.11 Å². The summed E-state index contributed by atoms with van der Waals surface area (Å²) >= 11 is 4.31. The summed E-state index contributed by atoms with van der Waals surface area (Å²) < 4.78 is 4.57. The molecular formula is C14H18N2O3S. The van der Waals surface area contributed by atoms with Crippen LogP contribution < -0.4 is 5.32 Å². The van der Waals surface area contributed by atoms with Crippen LogP contribution in [0.15, 0.2) is 29.2 Å². The Hall–Kier alpha value is -1.69. The number of alkyl carbamates (subject to hydrolysis) is 1. The minimum Gasteiger partial charge on any atom is -0.453 e. The summed E-state index contributed by atoms with van der Waals surface area (Å²) in [7, 11) is 1.34. The van der Waals surface area contributed by atoms with Crippen molar-refractivity contribution in [3.63, 3.8) is 0 Å². The molecule has 6 heteroatoms. The lowest BCUT2D eigenvalue weighted by atomic mass is 10.0. The van der Waals surface area contributed by atoms with Gasteiger partial charge in [-0.05, 0) is 25.0 Å². The highest BCUT2D eigenvalue weighted by Gasteiger charge is 2.25. The largest absolute Gasteiger partial charge is 0.453 e. The van der Waals surface area contributed by atoms with Gasteiger partial charge in [-0.25, -0.2) is 4.79 Å². The number of methoxy groups -OCH3 is 1. The Morgan fingerprint density at radius 2 is 1.95 bits per heavy atom. The van der Waals surface area contributed by atoms with Crippen LogP contribution >= 0.6 is 12.6 Å². The fraction of sp³-hybridized carbons (Fsp3) is 0.429. The van der Waals surface area contributed by atoms with Gasteiger partial charge >= 0.3 is 6.09 Å². The first-order valence-electron chi connectivity index (χ1n) is 6.53. The molecule has 5 nitrogen and oxygen atoms in total. The molecule has 0 unspecified atom stereocenters. The van der Waals surface area contributed by atoms with Crippen LogP contribution in [0.25, 0.3) is 0 Å². The standard InChI is InChI=1S/C14H18N2O3S/c1-19-14(18)15-10-6-8-16(9-7-10)13(17)11-4-2-3-5-12(11)20/h2-5,10,20H,6-9H2,1H3,(H,15,18). The first-order valence-corrected chi connectivity index (χ1v) is 6.98. The highest BCUT2D eigenvalue weighted by molar-refractivity contribution is 7.80. The normalized spacial score (nSPS) is 15.8. The first kappa shape index (κ1) is 14.7. The van der Waals surface area contributed by atoms with E-state index in [9.17, 15) is 9.59 Å². The summed E-state index contributed by atoms with van der Waals surface area (Å²) in [5.74, 6) is -0.00730. The number of rotatable bonds is 2. The third kappa shape index (κ3) is 3.45. The Morgan fingerprint density at radius 3 is 2.55 bits per heavy atom. The number of benzene rings is 1. The Bertz CT molecular complexity index is 499. The fourth-order valence-corrected chi connectivity index (χ4v) is 2.53. The van der Waals surface area contributed by atoms with Crippen molar-refractivity contribution in [2.75, 3.05) is 20.2 Å². The molecule has 108 valence electrons. The number of hydrogen-bond donors (Lipinski definition) is 2. The number of amides is 2. The number of piperidine rings is 1. The van der Waals surface area contributed by atoms with E-state index >= 15 is 0 Å². The van der Waals surface area contributed by atoms with E-state index in [0.717, 1.165) is 12.8 Å². The van der Waals surface area contributed by atoms with Gasteiger partial charge in [-0.1, -0.05) is 12.1 Å². The van der Waals surface area contributed by atoms with Crippen molar-refractivity contribution in [3.05, 3.63) is 29.8 Å². The summed E-state index contributed by atoms with van der Waals surface area (Å²) in [5, 5.41) is 2.76. The summed E-state index contributed by atoms with van der Waals surface area (Å²) in [6, 6.07) is 7.34. The predicted molar refractivity (Wildman–Crippen MR) is 78.2 cm³/mol. The Kier molecular flexibility index (Phi) is 4.89. The average molecular weight is 294 g/mol. The summed E-state index contributed by atoms with van der Waals surface area (Å²) in [6.45, 7) is 1.24. The maximum absolute atomic E-state index is 12.4. The number of carbonyl (C=O) groups excluding carboxylic acids is 2. The molecule has 0 saturated carbocycles. The van der Waals surface area contributed by atoms with E-state index in [4.69, 9.17) is 0 Å². The number of nitrogens with one attached hydrogen (secondary N) is 1. The van der Waals surface area contributed by atoms with Gasteiger partial charge in [0.1, 0.15) is 0 Å². The molecule has 2 rings (SSSR count). The number of nitrogens with zero attached hydrogens (tertiary/aromatic N) is 1. The van der Waals surface area contributed by atoms with Gasteiger partial charge in [-0.2, -0.15) is 0 Å². The van der Waals surface area contributed by atoms with Gasteiger partial charge in [0.2, 0.25) is 0 Å². The monoisotopic (exact) mass is 294 g/mol. The Morgan fingerprint density at radius 1 is 1.30 bits per heavy atom. The second kappa shape index (κ2) is 6.65. The zero-order chi connectivity index (χ0) is 14.5. The first-order chi connectivity index (χ1) is 9.61. The summed E-state index contributed by atoms with van der Waals surface area (Å²) in [5.41, 5.74) is 0.621. The number of hydrogen-bond acceptors (Lipinski definition) is 4. The van der Waals surface area contributed by atoms with Gasteiger partial charge in [0.05, 0.1) is 12.7 Å². The number of ether oxygens (including phenoxy) is 1. The topological polar surface area (TPSA) is 58.6 Å². The van der Waals surface area contributed by atoms with Crippen molar-refractivity contribution in [2.24, 2.45) is 0 Å². The van der Waals surface area contributed by atoms with E-state index in [0.29, 0.717) is 23.5 Å². The molecule has 1 saturated heterocycles. The van der Waals surface area contributed by atoms with Gasteiger partial charge in [0, 0.05) is 24.0 Å². The minimum absolute atomic E-state index is 0.00730. The molecule has 0 aliphatic carbocycles. The van der Waals surface area contributed by atoms with Crippen LogP contribution in [0.4, 0.5) is 4.79 Å². The van der Waals surface area contributed by atoms with Gasteiger partial charge in [-0.3, -0.25) is 4.79 Å². The lowest BCUT2D eigenvalue weighted by molar-refractivity contribution is 0.0701. The molecule has 1 aromatic rings. The van der Waals surface area contributed by atoms with E-state index in [2.05, 4.69) is 22.7 Å². The molecule has 1 N–H and O–H groups in total. The molecule has 2 amide bonds. The van der Waals surface area contributed by atoms with E-state index in [1.54, 1.807) is 11.0 Å². The summed E-state index contributed by atoms with van der Waals surface area (Å²) in [6.07, 6.45) is 1.04. The van der Waals surface area contributed by atoms with E-state index in [-0.39, 0.29) is 11.9 Å². The van der Waals surface area contributed by atoms with Gasteiger partial charge in [0.25, 0.3) is 5.91 Å². The molecule has 0 spiro atoms. The molecular weight excluding hydrogens is 276 g/mol. The second-order valence-electron chi connectivity index (χ2n) is 4.72. The lowest BCUT2D eigenvalue weighted by Gasteiger charge is -2.32. The SMILES string of the molecule is COC(=O)NC1CCN(C(=O)c2ccccc2S)CC1. The van der Waals surface area contributed by atoms with Crippen molar-refractivity contribution >= 4 is 24.6 Å². The molecule has 0 aromatic heterocycles. The van der Waals surface area contributed by atoms with Crippen LogP contribution in [0.5, 0.6) is 0 Å². The third-order valence-corrected chi connectivity index (χ3v) is 3.81. The van der Waals surface area contributed by atoms with Gasteiger partial charge < -0.3 is 15.0 Å². The van der Waals surface area contributed by atoms with Gasteiger partial charge in [0.15, 0.2) is 0 Å². The maximum atomic E-state index is 12.4. The molecule has 1 aliphatic rings. The van der Waals surface area contributed by atoms with Crippen LogP contribution in [0.3, 0.4) is 0 Å². The quantitative estimate of drug-likeness (QED) is 0.820. The average Bonchev–Trinajstić information content (AvgIpc) is 2.47. The summed E-state index contributed by atoms with van der Waals surface area (Å²) in [4.78, 5) is 26.0. The van der Waals surface area contributed by atoms with Crippen molar-refractivity contribution in [1.29, 1.82) is 0 Å². The zero-order valence-electron chi connectivity index (χ0n) is 11.3. The number of thiol groups is 1. The molecule has 1 heterocycles. The Balaban J connectivity index is 1.92. The van der Waals surface area contributed by atoms with Crippen molar-refractivity contribution < 1.29 is 14.3 Å². The van der Waals surface area contributed by atoms with Gasteiger partial charge in [-0.15, -0.1) is 12.6 Å². The molecule has 1 aliphatic heterocycles. The maximum Gasteiger partial charge on any atom is 0.407 e. The minimum atomic E-state index is -0.421. The van der Waals surface area contributed by atoms with Crippen LogP contribution in [-0.4, -0.2) is 43.1 Å². The van der Waals surface area contributed by atoms with Crippen molar-refractivity contribution in [2.45, 2.75) is 23.8 Å². The van der Waals surface area contributed by atoms with Crippen molar-refractivity contribution in [1.82, 2.24) is 10.2 Å². The fourth-order valence-electron chi connectivity index (χ4n) is 2.28. The zero-order valence-corrected chi connectivity index (χ0v) is 12.2. The third-order valence-electron chi connectivity index (χ3n) is 3.42. The molecule has 1 aromatic carbocycles. The smallest absolute Gasteiger partial charge is 0.407 e. The van der Waals surface area contributed by atoms with Crippen LogP contribution in [-0.2, 0) is 4.74 Å². The number of likely N-dealkylation sites (tertiary alicyclic amines) is 1.